The summed E-state index contributed by atoms with van der Waals surface area (Å²) in [6.45, 7) is 0.423. The molecule has 0 amide bonds. The van der Waals surface area contributed by atoms with E-state index in [0.717, 1.165) is 37.7 Å². The van der Waals surface area contributed by atoms with Crippen LogP contribution in [0.5, 0.6) is 0 Å². The lowest BCUT2D eigenvalue weighted by molar-refractivity contribution is -0.169. The van der Waals surface area contributed by atoms with E-state index >= 15 is 0 Å². The molecule has 46 heavy (non-hydrogen) atoms. The summed E-state index contributed by atoms with van der Waals surface area (Å²) in [6, 6.07) is 20.3. The van der Waals surface area contributed by atoms with Gasteiger partial charge < -0.3 is 30.8 Å². The fourth-order valence-corrected chi connectivity index (χ4v) is 4.84. The van der Waals surface area contributed by atoms with Crippen LogP contribution in [0.25, 0.3) is 6.08 Å². The van der Waals surface area contributed by atoms with Gasteiger partial charge >= 0.3 is 23.9 Å². The molecule has 3 aromatic carbocycles. The summed E-state index contributed by atoms with van der Waals surface area (Å²) >= 11 is 0. The van der Waals surface area contributed by atoms with Crippen molar-refractivity contribution in [1.29, 1.82) is 0 Å². The summed E-state index contributed by atoms with van der Waals surface area (Å²) in [6.07, 6.45) is 7.62. The standard InChI is InChI=1S/C36H42N2O8/c1-44-32(39)21-14-26-8-15-29(16-9-26)33(40)45-22-6-4-2-3-5-7-23-46-35(43)36(34(41)42,24-27-10-17-30(37)18-11-27)25-28-12-19-31(38)20-13-28/h8-21H,2-7,22-25,37-38H2,1H3,(H,41,42)/b21-14+. The van der Waals surface area contributed by atoms with Crippen LogP contribution in [0.15, 0.2) is 78.9 Å². The van der Waals surface area contributed by atoms with Crippen molar-refractivity contribution < 1.29 is 38.5 Å². The van der Waals surface area contributed by atoms with Gasteiger partial charge in [0.1, 0.15) is 0 Å². The number of carbonyl (C=O) groups excluding carboxylic acids is 3. The predicted octanol–water partition coefficient (Wildman–Crippen LogP) is 5.63. The number of methoxy groups -OCH3 is 1. The zero-order valence-electron chi connectivity index (χ0n) is 26.1. The van der Waals surface area contributed by atoms with E-state index in [1.807, 2.05) is 0 Å². The second-order valence-electron chi connectivity index (χ2n) is 11.1. The average Bonchev–Trinajstić information content (AvgIpc) is 3.06. The van der Waals surface area contributed by atoms with Gasteiger partial charge in [-0.1, -0.05) is 62.1 Å². The van der Waals surface area contributed by atoms with Crippen LogP contribution < -0.4 is 11.5 Å². The zero-order chi connectivity index (χ0) is 33.4. The van der Waals surface area contributed by atoms with Crippen molar-refractivity contribution in [2.45, 2.75) is 51.4 Å². The van der Waals surface area contributed by atoms with Crippen molar-refractivity contribution >= 4 is 41.3 Å². The number of hydrogen-bond acceptors (Lipinski definition) is 9. The molecule has 0 aliphatic carbocycles. The molecule has 0 aliphatic heterocycles. The van der Waals surface area contributed by atoms with E-state index in [9.17, 15) is 24.3 Å². The number of carboxylic acids is 1. The quantitative estimate of drug-likeness (QED) is 0.0400. The average molecular weight is 631 g/mol. The Hall–Kier alpha value is -5.12. The maximum absolute atomic E-state index is 13.4. The van der Waals surface area contributed by atoms with Gasteiger partial charge in [0.15, 0.2) is 5.41 Å². The highest BCUT2D eigenvalue weighted by molar-refractivity contribution is 6.00. The van der Waals surface area contributed by atoms with E-state index in [2.05, 4.69) is 4.74 Å². The number of benzene rings is 3. The number of carbonyl (C=O) groups is 4. The molecule has 5 N–H and O–H groups in total. The van der Waals surface area contributed by atoms with Crippen molar-refractivity contribution in [2.24, 2.45) is 5.41 Å². The molecular weight excluding hydrogens is 588 g/mol. The summed E-state index contributed by atoms with van der Waals surface area (Å²) < 4.78 is 15.5. The molecule has 10 heteroatoms. The molecule has 0 heterocycles. The van der Waals surface area contributed by atoms with E-state index in [-0.39, 0.29) is 19.4 Å². The Labute approximate surface area is 269 Å². The van der Waals surface area contributed by atoms with Crippen LogP contribution in [0.1, 0.15) is 65.6 Å². The molecule has 0 unspecified atom stereocenters. The summed E-state index contributed by atoms with van der Waals surface area (Å²) in [5.41, 5.74) is 13.4. The smallest absolute Gasteiger partial charge is 0.338 e. The number of esters is 3. The first-order valence-electron chi connectivity index (χ1n) is 15.3. The molecule has 0 fully saturated rings. The van der Waals surface area contributed by atoms with E-state index < -0.39 is 29.3 Å². The third-order valence-corrected chi connectivity index (χ3v) is 7.54. The SMILES string of the molecule is COC(=O)/C=C/c1ccc(C(=O)OCCCCCCCCOC(=O)C(Cc2ccc(N)cc2)(Cc2ccc(N)cc2)C(=O)O)cc1. The Bertz CT molecular complexity index is 1420. The molecular formula is C36H42N2O8. The van der Waals surface area contributed by atoms with Crippen LogP contribution in [0.2, 0.25) is 0 Å². The second kappa shape index (κ2) is 18.0. The lowest BCUT2D eigenvalue weighted by atomic mass is 9.76. The van der Waals surface area contributed by atoms with Gasteiger partial charge in [-0.15, -0.1) is 0 Å². The highest BCUT2D eigenvalue weighted by Crippen LogP contribution is 2.31. The van der Waals surface area contributed by atoms with Crippen LogP contribution in [-0.4, -0.2) is 49.3 Å². The number of unbranched alkanes of at least 4 members (excludes halogenated alkanes) is 5. The van der Waals surface area contributed by atoms with Crippen LogP contribution in [0, 0.1) is 5.41 Å². The number of anilines is 2. The fourth-order valence-electron chi connectivity index (χ4n) is 4.84. The summed E-state index contributed by atoms with van der Waals surface area (Å²) in [7, 11) is 1.30. The van der Waals surface area contributed by atoms with Crippen LogP contribution in [0.3, 0.4) is 0 Å². The minimum Gasteiger partial charge on any atom is -0.480 e. The Balaban J connectivity index is 1.39. The summed E-state index contributed by atoms with van der Waals surface area (Å²) in [4.78, 5) is 49.5. The third kappa shape index (κ3) is 11.1. The minimum atomic E-state index is -1.81. The lowest BCUT2D eigenvalue weighted by Crippen LogP contribution is -2.44. The Kier molecular flexibility index (Phi) is 13.8. The first-order chi connectivity index (χ1) is 22.1. The molecule has 3 rings (SSSR count). The molecule has 0 aromatic heterocycles. The Morgan fingerprint density at radius 2 is 1.17 bits per heavy atom. The zero-order valence-corrected chi connectivity index (χ0v) is 26.1. The number of nitrogens with two attached hydrogens (primary N) is 2. The van der Waals surface area contributed by atoms with E-state index in [0.29, 0.717) is 41.1 Å². The molecule has 244 valence electrons. The fraction of sp³-hybridized carbons (Fsp3) is 0.333. The van der Waals surface area contributed by atoms with E-state index in [1.54, 1.807) is 78.9 Å². The molecule has 0 atom stereocenters. The van der Waals surface area contributed by atoms with Gasteiger partial charge in [0.25, 0.3) is 0 Å². The first kappa shape index (κ1) is 35.4. The second-order valence-corrected chi connectivity index (χ2v) is 11.1. The Morgan fingerprint density at radius 3 is 1.65 bits per heavy atom. The van der Waals surface area contributed by atoms with Crippen LogP contribution >= 0.6 is 0 Å². The van der Waals surface area contributed by atoms with E-state index in [1.165, 1.54) is 13.2 Å². The number of ether oxygens (including phenoxy) is 3. The Morgan fingerprint density at radius 1 is 0.696 bits per heavy atom. The molecule has 0 aliphatic rings. The number of nitrogen functional groups attached to an aromatic ring is 2. The van der Waals surface area contributed by atoms with Gasteiger partial charge in [-0.2, -0.15) is 0 Å². The maximum atomic E-state index is 13.4. The largest absolute Gasteiger partial charge is 0.480 e. The third-order valence-electron chi connectivity index (χ3n) is 7.54. The van der Waals surface area contributed by atoms with Crippen molar-refractivity contribution in [2.75, 3.05) is 31.8 Å². The predicted molar refractivity (Wildman–Crippen MR) is 176 cm³/mol. The number of aliphatic carboxylic acids is 1. The van der Waals surface area contributed by atoms with Gasteiger partial charge in [-0.05, 0) is 84.8 Å². The van der Waals surface area contributed by atoms with Crippen molar-refractivity contribution in [3.05, 3.63) is 101 Å². The molecule has 3 aromatic rings. The van der Waals surface area contributed by atoms with Crippen LogP contribution in [0.4, 0.5) is 11.4 Å². The minimum absolute atomic E-state index is 0.0455. The van der Waals surface area contributed by atoms with E-state index in [4.69, 9.17) is 20.9 Å². The van der Waals surface area contributed by atoms with Gasteiger partial charge in [-0.3, -0.25) is 9.59 Å². The maximum Gasteiger partial charge on any atom is 0.338 e. The first-order valence-corrected chi connectivity index (χ1v) is 15.3. The van der Waals surface area contributed by atoms with Crippen molar-refractivity contribution in [3.8, 4) is 0 Å². The number of rotatable bonds is 18. The van der Waals surface area contributed by atoms with Gasteiger partial charge in [-0.25, -0.2) is 9.59 Å². The molecule has 10 nitrogen and oxygen atoms in total. The molecule has 0 bridgehead atoms. The molecule has 0 saturated heterocycles. The van der Waals surface area contributed by atoms with Gasteiger partial charge in [0.05, 0.1) is 25.9 Å². The van der Waals surface area contributed by atoms with Gasteiger partial charge in [0, 0.05) is 17.5 Å². The molecule has 0 spiro atoms. The summed E-state index contributed by atoms with van der Waals surface area (Å²) in [5.74, 6) is -2.89. The highest BCUT2D eigenvalue weighted by Gasteiger charge is 2.48. The lowest BCUT2D eigenvalue weighted by Gasteiger charge is -2.28. The number of hydrogen-bond donors (Lipinski definition) is 3. The van der Waals surface area contributed by atoms with Crippen molar-refractivity contribution in [1.82, 2.24) is 0 Å². The van der Waals surface area contributed by atoms with Crippen LogP contribution in [-0.2, 0) is 41.4 Å². The topological polar surface area (TPSA) is 168 Å². The highest BCUT2D eigenvalue weighted by atomic mass is 16.5. The summed E-state index contributed by atoms with van der Waals surface area (Å²) in [5, 5.41) is 10.3. The van der Waals surface area contributed by atoms with Gasteiger partial charge in [0.2, 0.25) is 0 Å². The molecule has 0 saturated carbocycles. The molecule has 0 radical (unpaired) electrons. The monoisotopic (exact) mass is 630 g/mol. The number of carboxylic acid groups (broad SMARTS) is 1. The normalized spacial score (nSPS) is 11.2. The van der Waals surface area contributed by atoms with Crippen molar-refractivity contribution in [3.63, 3.8) is 0 Å².